The van der Waals surface area contributed by atoms with Crippen LogP contribution < -0.4 is 10.1 Å². The maximum atomic E-state index is 5.96. The fourth-order valence-corrected chi connectivity index (χ4v) is 4.60. The zero-order chi connectivity index (χ0) is 25.7. The molecule has 188 valence electrons. The van der Waals surface area contributed by atoms with Crippen LogP contribution in [0.2, 0.25) is 0 Å². The highest BCUT2D eigenvalue weighted by Crippen LogP contribution is 2.32. The number of rotatable bonds is 9. The van der Waals surface area contributed by atoms with Crippen LogP contribution in [0.15, 0.2) is 109 Å². The molecule has 38 heavy (non-hydrogen) atoms. The van der Waals surface area contributed by atoms with Gasteiger partial charge in [0.15, 0.2) is 5.82 Å². The summed E-state index contributed by atoms with van der Waals surface area (Å²) in [4.78, 5) is 7.55. The van der Waals surface area contributed by atoms with Crippen LogP contribution >= 0.6 is 0 Å². The first-order valence-electron chi connectivity index (χ1n) is 12.6. The highest BCUT2D eigenvalue weighted by Gasteiger charge is 2.24. The second kappa shape index (κ2) is 10.6. The van der Waals surface area contributed by atoms with Crippen LogP contribution in [0.1, 0.15) is 36.7 Å². The molecule has 0 bridgehead atoms. The average Bonchev–Trinajstić information content (AvgIpc) is 3.64. The van der Waals surface area contributed by atoms with E-state index >= 15 is 0 Å². The van der Waals surface area contributed by atoms with Gasteiger partial charge in [0.1, 0.15) is 11.5 Å². The van der Waals surface area contributed by atoms with E-state index < -0.39 is 0 Å². The third-order valence-electron chi connectivity index (χ3n) is 6.59. The van der Waals surface area contributed by atoms with Crippen LogP contribution in [0.25, 0.3) is 16.7 Å². The molecule has 6 aromatic rings. The molecule has 2 aromatic heterocycles. The number of fused-ring (bicyclic) bond motifs is 1. The molecule has 4 aromatic carbocycles. The van der Waals surface area contributed by atoms with E-state index in [1.54, 1.807) is 11.0 Å². The van der Waals surface area contributed by atoms with E-state index in [0.717, 1.165) is 46.2 Å². The van der Waals surface area contributed by atoms with Gasteiger partial charge in [-0.25, -0.2) is 4.98 Å². The quantitative estimate of drug-likeness (QED) is 0.230. The standard InChI is InChI=1S/C30H27N7O/c1-21(22-8-4-2-5-9-22)18-29(33-23-12-17-27-28(19-23)32-20-31-27)30-34-35-36-37(30)24-13-15-26(16-14-24)38-25-10-6-3-7-11-25/h2-17,19-21,29,33H,18H2,1H3,(H,31,32). The van der Waals surface area contributed by atoms with Gasteiger partial charge in [-0.1, -0.05) is 55.5 Å². The molecule has 8 nitrogen and oxygen atoms in total. The molecule has 0 saturated heterocycles. The van der Waals surface area contributed by atoms with Crippen molar-refractivity contribution < 1.29 is 4.74 Å². The van der Waals surface area contributed by atoms with E-state index in [1.165, 1.54) is 5.56 Å². The molecular formula is C30H27N7O. The molecule has 0 fully saturated rings. The average molecular weight is 502 g/mol. The van der Waals surface area contributed by atoms with E-state index in [9.17, 15) is 0 Å². The lowest BCUT2D eigenvalue weighted by Crippen LogP contribution is -2.19. The number of aromatic amines is 1. The predicted octanol–water partition coefficient (Wildman–Crippen LogP) is 6.68. The smallest absolute Gasteiger partial charge is 0.178 e. The zero-order valence-electron chi connectivity index (χ0n) is 20.9. The third kappa shape index (κ3) is 5.10. The van der Waals surface area contributed by atoms with Gasteiger partial charge in [-0.05, 0) is 82.9 Å². The molecule has 2 unspecified atom stereocenters. The summed E-state index contributed by atoms with van der Waals surface area (Å²) in [5.41, 5.74) is 4.97. The van der Waals surface area contributed by atoms with Crippen molar-refractivity contribution in [3.05, 3.63) is 121 Å². The summed E-state index contributed by atoms with van der Waals surface area (Å²) >= 11 is 0. The topological polar surface area (TPSA) is 93.5 Å². The number of imidazole rings is 1. The maximum Gasteiger partial charge on any atom is 0.178 e. The van der Waals surface area contributed by atoms with Gasteiger partial charge >= 0.3 is 0 Å². The lowest BCUT2D eigenvalue weighted by atomic mass is 9.93. The van der Waals surface area contributed by atoms with E-state index in [1.807, 2.05) is 78.9 Å². The number of anilines is 1. The van der Waals surface area contributed by atoms with E-state index in [-0.39, 0.29) is 12.0 Å². The van der Waals surface area contributed by atoms with Crippen molar-refractivity contribution in [2.24, 2.45) is 0 Å². The molecule has 0 saturated carbocycles. The minimum Gasteiger partial charge on any atom is -0.457 e. The Morgan fingerprint density at radius 2 is 1.61 bits per heavy atom. The summed E-state index contributed by atoms with van der Waals surface area (Å²) < 4.78 is 7.74. The SMILES string of the molecule is CC(CC(Nc1ccc2[nH]cnc2c1)c1nnnn1-c1ccc(Oc2ccccc2)cc1)c1ccccc1. The first kappa shape index (κ1) is 23.4. The number of para-hydroxylation sites is 1. The van der Waals surface area contributed by atoms with Crippen molar-refractivity contribution >= 4 is 16.7 Å². The zero-order valence-corrected chi connectivity index (χ0v) is 20.9. The van der Waals surface area contributed by atoms with Gasteiger partial charge in [0.05, 0.1) is 29.1 Å². The van der Waals surface area contributed by atoms with Crippen molar-refractivity contribution in [2.45, 2.75) is 25.3 Å². The number of benzene rings is 4. The lowest BCUT2D eigenvalue weighted by molar-refractivity contribution is 0.482. The van der Waals surface area contributed by atoms with Crippen LogP contribution in [-0.2, 0) is 0 Å². The number of hydrogen-bond acceptors (Lipinski definition) is 6. The Labute approximate surface area is 220 Å². The second-order valence-electron chi connectivity index (χ2n) is 9.24. The van der Waals surface area contributed by atoms with Crippen LogP contribution in [-0.4, -0.2) is 30.2 Å². The molecule has 6 rings (SSSR count). The highest BCUT2D eigenvalue weighted by molar-refractivity contribution is 5.78. The molecule has 2 atom stereocenters. The first-order chi connectivity index (χ1) is 18.7. The number of nitrogens with zero attached hydrogens (tertiary/aromatic N) is 5. The largest absolute Gasteiger partial charge is 0.457 e. The van der Waals surface area contributed by atoms with Crippen molar-refractivity contribution in [3.8, 4) is 17.2 Å². The van der Waals surface area contributed by atoms with Crippen LogP contribution in [0.5, 0.6) is 11.5 Å². The summed E-state index contributed by atoms with van der Waals surface area (Å²) in [5, 5.41) is 16.5. The number of aromatic nitrogens is 6. The maximum absolute atomic E-state index is 5.96. The predicted molar refractivity (Wildman–Crippen MR) is 148 cm³/mol. The first-order valence-corrected chi connectivity index (χ1v) is 12.6. The normalized spacial score (nSPS) is 12.8. The molecule has 0 aliphatic rings. The van der Waals surface area contributed by atoms with Gasteiger partial charge < -0.3 is 15.0 Å². The summed E-state index contributed by atoms with van der Waals surface area (Å²) in [6.45, 7) is 2.23. The number of nitrogens with one attached hydrogen (secondary N) is 2. The summed E-state index contributed by atoms with van der Waals surface area (Å²) in [7, 11) is 0. The van der Waals surface area contributed by atoms with Crippen molar-refractivity contribution in [2.75, 3.05) is 5.32 Å². The minimum absolute atomic E-state index is 0.156. The Kier molecular flexibility index (Phi) is 6.51. The third-order valence-corrected chi connectivity index (χ3v) is 6.59. The Morgan fingerprint density at radius 1 is 0.868 bits per heavy atom. The van der Waals surface area contributed by atoms with Crippen LogP contribution in [0.4, 0.5) is 5.69 Å². The fourth-order valence-electron chi connectivity index (χ4n) is 4.60. The minimum atomic E-state index is -0.156. The molecule has 0 aliphatic heterocycles. The summed E-state index contributed by atoms with van der Waals surface area (Å²) in [6.07, 6.45) is 2.49. The lowest BCUT2D eigenvalue weighted by Gasteiger charge is -2.23. The van der Waals surface area contributed by atoms with Crippen molar-refractivity contribution in [1.82, 2.24) is 30.2 Å². The van der Waals surface area contributed by atoms with Gasteiger partial charge in [0.2, 0.25) is 0 Å². The fraction of sp³-hybridized carbons (Fsp3) is 0.133. The Hall–Kier alpha value is -4.98. The van der Waals surface area contributed by atoms with Crippen molar-refractivity contribution in [3.63, 3.8) is 0 Å². The molecule has 2 N–H and O–H groups in total. The molecular weight excluding hydrogens is 474 g/mol. The molecule has 0 radical (unpaired) electrons. The number of ether oxygens (including phenoxy) is 1. The molecule has 0 aliphatic carbocycles. The molecule has 8 heteroatoms. The van der Waals surface area contributed by atoms with Crippen molar-refractivity contribution in [1.29, 1.82) is 0 Å². The highest BCUT2D eigenvalue weighted by atomic mass is 16.5. The number of tetrazole rings is 1. The molecule has 2 heterocycles. The van der Waals surface area contributed by atoms with Crippen LogP contribution in [0, 0.1) is 0 Å². The summed E-state index contributed by atoms with van der Waals surface area (Å²) in [5.74, 6) is 2.53. The number of H-pyrrole nitrogens is 1. The van der Waals surface area contributed by atoms with Crippen LogP contribution in [0.3, 0.4) is 0 Å². The Bertz CT molecular complexity index is 1610. The van der Waals surface area contributed by atoms with E-state index in [2.05, 4.69) is 62.0 Å². The molecule has 0 spiro atoms. The van der Waals surface area contributed by atoms with Gasteiger partial charge in [0, 0.05) is 5.69 Å². The van der Waals surface area contributed by atoms with E-state index in [0.29, 0.717) is 0 Å². The summed E-state index contributed by atoms with van der Waals surface area (Å²) in [6, 6.07) is 33.9. The number of hydrogen-bond donors (Lipinski definition) is 2. The van der Waals surface area contributed by atoms with Gasteiger partial charge in [-0.15, -0.1) is 5.10 Å². The van der Waals surface area contributed by atoms with Gasteiger partial charge in [-0.2, -0.15) is 4.68 Å². The van der Waals surface area contributed by atoms with E-state index in [4.69, 9.17) is 4.74 Å². The van der Waals surface area contributed by atoms with Gasteiger partial charge in [-0.3, -0.25) is 0 Å². The Balaban J connectivity index is 1.30. The second-order valence-corrected chi connectivity index (χ2v) is 9.24. The Morgan fingerprint density at radius 3 is 2.39 bits per heavy atom. The van der Waals surface area contributed by atoms with Gasteiger partial charge in [0.25, 0.3) is 0 Å². The monoisotopic (exact) mass is 501 g/mol. The molecule has 0 amide bonds.